The maximum absolute atomic E-state index is 12.4. The van der Waals surface area contributed by atoms with Crippen molar-refractivity contribution in [2.75, 3.05) is 18.9 Å². The molecule has 0 atom stereocenters. The van der Waals surface area contributed by atoms with E-state index >= 15 is 0 Å². The van der Waals surface area contributed by atoms with Crippen molar-refractivity contribution in [1.82, 2.24) is 15.5 Å². The van der Waals surface area contributed by atoms with Gasteiger partial charge in [0, 0.05) is 6.54 Å². The van der Waals surface area contributed by atoms with Crippen LogP contribution < -0.4 is 14.8 Å². The van der Waals surface area contributed by atoms with Gasteiger partial charge < -0.3 is 10.1 Å². The first-order valence-corrected chi connectivity index (χ1v) is 8.40. The minimum absolute atomic E-state index is 0.0673. The molecule has 0 aliphatic carbocycles. The van der Waals surface area contributed by atoms with Gasteiger partial charge in [-0.05, 0) is 31.7 Å². The molecule has 1 heterocycles. The lowest BCUT2D eigenvalue weighted by Gasteiger charge is -2.11. The summed E-state index contributed by atoms with van der Waals surface area (Å²) in [6.07, 6.45) is 0. The highest BCUT2D eigenvalue weighted by molar-refractivity contribution is 7.93. The molecule has 0 unspecified atom stereocenters. The first kappa shape index (κ1) is 15.7. The van der Waals surface area contributed by atoms with Crippen LogP contribution in [-0.2, 0) is 16.6 Å². The molecule has 2 rings (SSSR count). The van der Waals surface area contributed by atoms with Crippen molar-refractivity contribution in [2.45, 2.75) is 18.4 Å². The van der Waals surface area contributed by atoms with Gasteiger partial charge in [-0.2, -0.15) is 0 Å². The summed E-state index contributed by atoms with van der Waals surface area (Å²) in [5, 5.41) is 11.4. The third-order valence-electron chi connectivity index (χ3n) is 2.65. The zero-order valence-electron chi connectivity index (χ0n) is 11.9. The predicted octanol–water partition coefficient (Wildman–Crippen LogP) is 1.38. The van der Waals surface area contributed by atoms with Gasteiger partial charge in [0.15, 0.2) is 0 Å². The maximum atomic E-state index is 12.4. The first-order chi connectivity index (χ1) is 9.96. The molecule has 2 aromatic rings. The highest BCUT2D eigenvalue weighted by atomic mass is 32.2. The Morgan fingerprint density at radius 2 is 2.10 bits per heavy atom. The molecule has 1 aromatic carbocycles. The molecule has 9 heteroatoms. The second-order valence-corrected chi connectivity index (χ2v) is 7.08. The Morgan fingerprint density at radius 3 is 2.67 bits per heavy atom. The van der Waals surface area contributed by atoms with E-state index in [1.54, 1.807) is 19.1 Å². The van der Waals surface area contributed by atoms with E-state index in [0.29, 0.717) is 11.6 Å². The molecule has 0 bridgehead atoms. The van der Waals surface area contributed by atoms with Gasteiger partial charge in [-0.3, -0.25) is 4.72 Å². The van der Waals surface area contributed by atoms with Gasteiger partial charge in [0.25, 0.3) is 10.0 Å². The Labute approximate surface area is 127 Å². The molecule has 2 N–H and O–H groups in total. The lowest BCUT2D eigenvalue weighted by molar-refractivity contribution is 0.402. The third kappa shape index (κ3) is 3.69. The lowest BCUT2D eigenvalue weighted by atomic mass is 10.2. The van der Waals surface area contributed by atoms with Gasteiger partial charge in [0.1, 0.15) is 15.7 Å². The Morgan fingerprint density at radius 1 is 1.33 bits per heavy atom. The number of benzene rings is 1. The fourth-order valence-electron chi connectivity index (χ4n) is 1.76. The molecule has 7 nitrogen and oxygen atoms in total. The smallest absolute Gasteiger partial charge is 0.267 e. The number of nitrogens with one attached hydrogen (secondary N) is 2. The normalized spacial score (nSPS) is 11.4. The molecule has 0 fully saturated rings. The molecule has 0 amide bonds. The molecule has 21 heavy (non-hydrogen) atoms. The quantitative estimate of drug-likeness (QED) is 0.832. The predicted molar refractivity (Wildman–Crippen MR) is 81.2 cm³/mol. The van der Waals surface area contributed by atoms with E-state index < -0.39 is 10.0 Å². The van der Waals surface area contributed by atoms with Crippen LogP contribution >= 0.6 is 11.3 Å². The first-order valence-electron chi connectivity index (χ1n) is 6.10. The summed E-state index contributed by atoms with van der Waals surface area (Å²) in [7, 11) is -0.509. The largest absolute Gasteiger partial charge is 0.495 e. The van der Waals surface area contributed by atoms with Crippen molar-refractivity contribution < 1.29 is 13.2 Å². The van der Waals surface area contributed by atoms with Gasteiger partial charge >= 0.3 is 0 Å². The Balaban J connectivity index is 2.34. The minimum atomic E-state index is -3.76. The molecule has 114 valence electrons. The van der Waals surface area contributed by atoms with E-state index in [-0.39, 0.29) is 15.8 Å². The molecule has 0 saturated carbocycles. The molecular weight excluding hydrogens is 312 g/mol. The van der Waals surface area contributed by atoms with Crippen LogP contribution in [0.25, 0.3) is 0 Å². The van der Waals surface area contributed by atoms with Crippen LogP contribution in [0, 0.1) is 6.92 Å². The van der Waals surface area contributed by atoms with E-state index in [0.717, 1.165) is 5.56 Å². The molecule has 0 saturated heterocycles. The van der Waals surface area contributed by atoms with E-state index in [2.05, 4.69) is 20.2 Å². The van der Waals surface area contributed by atoms with E-state index in [4.69, 9.17) is 4.74 Å². The monoisotopic (exact) mass is 328 g/mol. The molecule has 0 spiro atoms. The summed E-state index contributed by atoms with van der Waals surface area (Å²) >= 11 is 1.17. The van der Waals surface area contributed by atoms with Crippen LogP contribution in [0.15, 0.2) is 23.1 Å². The van der Waals surface area contributed by atoms with Crippen LogP contribution in [0.2, 0.25) is 0 Å². The van der Waals surface area contributed by atoms with Crippen molar-refractivity contribution in [3.05, 3.63) is 28.8 Å². The van der Waals surface area contributed by atoms with Crippen molar-refractivity contribution in [1.29, 1.82) is 0 Å². The number of ether oxygens (including phenoxy) is 1. The summed E-state index contributed by atoms with van der Waals surface area (Å²) < 4.78 is 32.4. The highest BCUT2D eigenvalue weighted by Crippen LogP contribution is 2.27. The number of aryl methyl sites for hydroxylation is 1. The van der Waals surface area contributed by atoms with E-state index in [1.165, 1.54) is 24.5 Å². The lowest BCUT2D eigenvalue weighted by Crippen LogP contribution is -2.14. The molecule has 0 aliphatic heterocycles. The van der Waals surface area contributed by atoms with Gasteiger partial charge in [0.05, 0.1) is 7.11 Å². The van der Waals surface area contributed by atoms with Crippen molar-refractivity contribution in [3.8, 4) is 5.75 Å². The van der Waals surface area contributed by atoms with Crippen LogP contribution in [0.1, 0.15) is 10.6 Å². The summed E-state index contributed by atoms with van der Waals surface area (Å²) in [6.45, 7) is 2.38. The number of hydrogen-bond donors (Lipinski definition) is 2. The van der Waals surface area contributed by atoms with Crippen LogP contribution in [0.3, 0.4) is 0 Å². The maximum Gasteiger partial charge on any atom is 0.267 e. The van der Waals surface area contributed by atoms with Gasteiger partial charge in [-0.1, -0.05) is 17.4 Å². The van der Waals surface area contributed by atoms with Crippen LogP contribution in [0.5, 0.6) is 5.75 Å². The van der Waals surface area contributed by atoms with E-state index in [1.807, 2.05) is 7.05 Å². The zero-order valence-corrected chi connectivity index (χ0v) is 13.5. The average molecular weight is 328 g/mol. The second kappa shape index (κ2) is 6.37. The summed E-state index contributed by atoms with van der Waals surface area (Å²) in [4.78, 5) is 0.0673. The molecular formula is C12H16N4O3S2. The fourth-order valence-corrected chi connectivity index (χ4v) is 3.73. The molecule has 1 aromatic heterocycles. The van der Waals surface area contributed by atoms with Gasteiger partial charge in [-0.15, -0.1) is 10.2 Å². The second-order valence-electron chi connectivity index (χ2n) is 4.25. The number of rotatable bonds is 6. The van der Waals surface area contributed by atoms with Gasteiger partial charge in [0.2, 0.25) is 5.13 Å². The Bertz CT molecular complexity index is 728. The van der Waals surface area contributed by atoms with Crippen molar-refractivity contribution in [3.63, 3.8) is 0 Å². The number of methoxy groups -OCH3 is 1. The molecule has 0 aliphatic rings. The number of anilines is 1. The van der Waals surface area contributed by atoms with Crippen LogP contribution in [-0.4, -0.2) is 32.8 Å². The van der Waals surface area contributed by atoms with Gasteiger partial charge in [-0.25, -0.2) is 8.42 Å². The third-order valence-corrected chi connectivity index (χ3v) is 4.91. The summed E-state index contributed by atoms with van der Waals surface area (Å²) in [5.41, 5.74) is 0.931. The highest BCUT2D eigenvalue weighted by Gasteiger charge is 2.21. The average Bonchev–Trinajstić information content (AvgIpc) is 2.83. The summed E-state index contributed by atoms with van der Waals surface area (Å²) in [6, 6.07) is 4.94. The zero-order chi connectivity index (χ0) is 15.5. The summed E-state index contributed by atoms with van der Waals surface area (Å²) in [5.74, 6) is 0.288. The Kier molecular flexibility index (Phi) is 4.76. The number of nitrogens with zero attached hydrogens (tertiary/aromatic N) is 2. The SMILES string of the molecule is CNCc1ccc(S(=O)(=O)Nc2nnc(C)s2)c(OC)c1. The minimum Gasteiger partial charge on any atom is -0.495 e. The Hall–Kier alpha value is -1.71. The number of sulfonamides is 1. The standard InChI is InChI=1S/C12H16N4O3S2/c1-8-14-15-12(20-8)16-21(17,18)11-5-4-9(7-13-2)6-10(11)19-3/h4-6,13H,7H2,1-3H3,(H,15,16). The topological polar surface area (TPSA) is 93.2 Å². The fraction of sp³-hybridized carbons (Fsp3) is 0.333. The molecule has 0 radical (unpaired) electrons. The number of hydrogen-bond acceptors (Lipinski definition) is 7. The van der Waals surface area contributed by atoms with Crippen LogP contribution in [0.4, 0.5) is 5.13 Å². The van der Waals surface area contributed by atoms with E-state index in [9.17, 15) is 8.42 Å². The number of aromatic nitrogens is 2. The van der Waals surface area contributed by atoms with Crippen molar-refractivity contribution >= 4 is 26.5 Å². The van der Waals surface area contributed by atoms with Crippen molar-refractivity contribution in [2.24, 2.45) is 0 Å².